The van der Waals surface area contributed by atoms with Crippen LogP contribution in [-0.2, 0) is 6.54 Å². The summed E-state index contributed by atoms with van der Waals surface area (Å²) in [4.78, 5) is 9.40. The van der Waals surface area contributed by atoms with Crippen molar-refractivity contribution in [3.63, 3.8) is 0 Å². The second kappa shape index (κ2) is 8.11. The molecule has 3 rings (SSSR count). The Bertz CT molecular complexity index is 629. The maximum atomic E-state index is 4.70. The Morgan fingerprint density at radius 3 is 2.78 bits per heavy atom. The third kappa shape index (κ3) is 4.55. The molecule has 0 spiro atoms. The topological polar surface area (TPSA) is 49.3 Å². The van der Waals surface area contributed by atoms with E-state index in [2.05, 4.69) is 35.1 Å². The van der Waals surface area contributed by atoms with Crippen LogP contribution in [0.4, 0.5) is 0 Å². The molecular formula is C18H24N4S. The van der Waals surface area contributed by atoms with Crippen LogP contribution in [0.25, 0.3) is 11.3 Å². The van der Waals surface area contributed by atoms with Crippen molar-refractivity contribution >= 4 is 17.3 Å². The Labute approximate surface area is 142 Å². The summed E-state index contributed by atoms with van der Waals surface area (Å²) in [7, 11) is 0. The standard InChI is InChI=1S/C18H24N4S/c1-2-19-18(21-15-10-6-7-11-15)20-12-17-22-16(13-23-17)14-8-4-3-5-9-14/h3-5,8-9,13,15H,2,6-7,10-12H2,1H3,(H2,19,20,21). The van der Waals surface area contributed by atoms with Crippen LogP contribution in [0.5, 0.6) is 0 Å². The van der Waals surface area contributed by atoms with E-state index in [1.54, 1.807) is 11.3 Å². The van der Waals surface area contributed by atoms with Crippen molar-refractivity contribution in [2.45, 2.75) is 45.2 Å². The molecule has 2 aromatic rings. The molecule has 23 heavy (non-hydrogen) atoms. The van der Waals surface area contributed by atoms with Gasteiger partial charge in [-0.15, -0.1) is 11.3 Å². The lowest BCUT2D eigenvalue weighted by Gasteiger charge is -2.16. The van der Waals surface area contributed by atoms with Crippen molar-refractivity contribution in [1.82, 2.24) is 15.6 Å². The van der Waals surface area contributed by atoms with Crippen molar-refractivity contribution in [1.29, 1.82) is 0 Å². The number of nitrogens with one attached hydrogen (secondary N) is 2. The van der Waals surface area contributed by atoms with Gasteiger partial charge >= 0.3 is 0 Å². The summed E-state index contributed by atoms with van der Waals surface area (Å²) < 4.78 is 0. The molecule has 1 aliphatic carbocycles. The van der Waals surface area contributed by atoms with Gasteiger partial charge in [0.2, 0.25) is 0 Å². The molecule has 1 fully saturated rings. The van der Waals surface area contributed by atoms with E-state index in [9.17, 15) is 0 Å². The maximum absolute atomic E-state index is 4.70. The highest BCUT2D eigenvalue weighted by Gasteiger charge is 2.15. The van der Waals surface area contributed by atoms with Crippen LogP contribution >= 0.6 is 11.3 Å². The fourth-order valence-electron chi connectivity index (χ4n) is 2.86. The average molecular weight is 328 g/mol. The summed E-state index contributed by atoms with van der Waals surface area (Å²) in [6.07, 6.45) is 5.15. The number of aromatic nitrogens is 1. The van der Waals surface area contributed by atoms with Crippen LogP contribution < -0.4 is 10.6 Å². The number of benzene rings is 1. The van der Waals surface area contributed by atoms with Gasteiger partial charge in [-0.1, -0.05) is 43.2 Å². The van der Waals surface area contributed by atoms with E-state index in [1.165, 1.54) is 25.7 Å². The zero-order chi connectivity index (χ0) is 15.9. The van der Waals surface area contributed by atoms with E-state index in [-0.39, 0.29) is 0 Å². The van der Waals surface area contributed by atoms with E-state index in [1.807, 2.05) is 18.2 Å². The van der Waals surface area contributed by atoms with Crippen LogP contribution in [0.2, 0.25) is 0 Å². The number of guanidine groups is 1. The number of rotatable bonds is 5. The zero-order valence-corrected chi connectivity index (χ0v) is 14.4. The van der Waals surface area contributed by atoms with Crippen LogP contribution in [0.3, 0.4) is 0 Å². The maximum Gasteiger partial charge on any atom is 0.191 e. The first kappa shape index (κ1) is 16.0. The molecule has 0 bridgehead atoms. The van der Waals surface area contributed by atoms with Crippen molar-refractivity contribution in [3.05, 3.63) is 40.7 Å². The molecule has 4 nitrogen and oxygen atoms in total. The Morgan fingerprint density at radius 1 is 1.26 bits per heavy atom. The lowest BCUT2D eigenvalue weighted by atomic mass is 10.2. The quantitative estimate of drug-likeness (QED) is 0.648. The molecule has 122 valence electrons. The smallest absolute Gasteiger partial charge is 0.191 e. The van der Waals surface area contributed by atoms with Crippen LogP contribution in [-0.4, -0.2) is 23.5 Å². The Kier molecular flexibility index (Phi) is 5.64. The number of aliphatic imine (C=N–C) groups is 1. The number of hydrogen-bond acceptors (Lipinski definition) is 3. The minimum Gasteiger partial charge on any atom is -0.357 e. The van der Waals surface area contributed by atoms with E-state index in [0.29, 0.717) is 12.6 Å². The fourth-order valence-corrected chi connectivity index (χ4v) is 3.58. The molecule has 0 atom stereocenters. The molecule has 5 heteroatoms. The highest BCUT2D eigenvalue weighted by Crippen LogP contribution is 2.22. The van der Waals surface area contributed by atoms with Gasteiger partial charge in [0.25, 0.3) is 0 Å². The molecule has 2 N–H and O–H groups in total. The van der Waals surface area contributed by atoms with Crippen molar-refractivity contribution in [2.75, 3.05) is 6.54 Å². The first-order valence-electron chi connectivity index (χ1n) is 8.40. The average Bonchev–Trinajstić information content (AvgIpc) is 3.25. The summed E-state index contributed by atoms with van der Waals surface area (Å²) in [6.45, 7) is 3.61. The summed E-state index contributed by atoms with van der Waals surface area (Å²) in [5.74, 6) is 0.913. The summed E-state index contributed by atoms with van der Waals surface area (Å²) in [5.41, 5.74) is 2.20. The minimum absolute atomic E-state index is 0.573. The number of hydrogen-bond donors (Lipinski definition) is 2. The lowest BCUT2D eigenvalue weighted by Crippen LogP contribution is -2.42. The van der Waals surface area contributed by atoms with Gasteiger partial charge in [0.1, 0.15) is 5.01 Å². The van der Waals surface area contributed by atoms with E-state index in [4.69, 9.17) is 9.98 Å². The molecule has 1 aliphatic rings. The fraction of sp³-hybridized carbons (Fsp3) is 0.444. The van der Waals surface area contributed by atoms with Gasteiger partial charge in [-0.25, -0.2) is 9.98 Å². The van der Waals surface area contributed by atoms with Gasteiger partial charge < -0.3 is 10.6 Å². The molecule has 0 radical (unpaired) electrons. The van der Waals surface area contributed by atoms with Gasteiger partial charge in [-0.05, 0) is 19.8 Å². The van der Waals surface area contributed by atoms with Gasteiger partial charge in [0, 0.05) is 23.5 Å². The second-order valence-electron chi connectivity index (χ2n) is 5.81. The lowest BCUT2D eigenvalue weighted by molar-refractivity contribution is 0.614. The first-order valence-corrected chi connectivity index (χ1v) is 9.28. The monoisotopic (exact) mass is 328 g/mol. The zero-order valence-electron chi connectivity index (χ0n) is 13.6. The van der Waals surface area contributed by atoms with Gasteiger partial charge in [-0.2, -0.15) is 0 Å². The molecule has 1 heterocycles. The summed E-state index contributed by atoms with van der Waals surface area (Å²) in [6, 6.07) is 10.9. The second-order valence-corrected chi connectivity index (χ2v) is 6.76. The van der Waals surface area contributed by atoms with E-state index < -0.39 is 0 Å². The molecule has 0 saturated heterocycles. The Hall–Kier alpha value is -1.88. The number of nitrogens with zero attached hydrogens (tertiary/aromatic N) is 2. The molecule has 1 aromatic heterocycles. The molecule has 0 aliphatic heterocycles. The molecule has 0 amide bonds. The predicted molar refractivity (Wildman–Crippen MR) is 97.8 cm³/mol. The third-order valence-electron chi connectivity index (χ3n) is 4.03. The SMILES string of the molecule is CCNC(=NCc1nc(-c2ccccc2)cs1)NC1CCCC1. The van der Waals surface area contributed by atoms with Gasteiger partial charge in [0.05, 0.1) is 12.2 Å². The highest BCUT2D eigenvalue weighted by molar-refractivity contribution is 7.09. The molecular weight excluding hydrogens is 304 g/mol. The largest absolute Gasteiger partial charge is 0.357 e. The molecule has 0 unspecified atom stereocenters. The van der Waals surface area contributed by atoms with Crippen molar-refractivity contribution in [3.8, 4) is 11.3 Å². The van der Waals surface area contributed by atoms with E-state index in [0.717, 1.165) is 28.8 Å². The summed E-state index contributed by atoms with van der Waals surface area (Å²) in [5, 5.41) is 10.0. The van der Waals surface area contributed by atoms with Crippen LogP contribution in [0.15, 0.2) is 40.7 Å². The van der Waals surface area contributed by atoms with Crippen molar-refractivity contribution < 1.29 is 0 Å². The highest BCUT2D eigenvalue weighted by atomic mass is 32.1. The molecule has 1 saturated carbocycles. The number of thiazole rings is 1. The summed E-state index contributed by atoms with van der Waals surface area (Å²) >= 11 is 1.67. The van der Waals surface area contributed by atoms with Gasteiger partial charge in [0.15, 0.2) is 5.96 Å². The minimum atomic E-state index is 0.573. The Balaban J connectivity index is 1.63. The van der Waals surface area contributed by atoms with Crippen molar-refractivity contribution in [2.24, 2.45) is 4.99 Å². The van der Waals surface area contributed by atoms with Gasteiger partial charge in [-0.3, -0.25) is 0 Å². The predicted octanol–water partition coefficient (Wildman–Crippen LogP) is 3.81. The van der Waals surface area contributed by atoms with E-state index >= 15 is 0 Å². The Morgan fingerprint density at radius 2 is 2.04 bits per heavy atom. The first-order chi connectivity index (χ1) is 11.3. The van der Waals surface area contributed by atoms with Crippen LogP contribution in [0.1, 0.15) is 37.6 Å². The molecule has 1 aromatic carbocycles. The third-order valence-corrected chi connectivity index (χ3v) is 4.87. The normalized spacial score (nSPS) is 15.8. The van der Waals surface area contributed by atoms with Crippen LogP contribution in [0, 0.1) is 0 Å².